The molecule has 0 fully saturated rings. The van der Waals surface area contributed by atoms with Crippen LogP contribution in [0.15, 0.2) is 71.7 Å². The number of phenols is 1. The first kappa shape index (κ1) is 17.5. The number of ether oxygens (including phenoxy) is 2. The van der Waals surface area contributed by atoms with Crippen LogP contribution in [-0.4, -0.2) is 25.5 Å². The van der Waals surface area contributed by atoms with E-state index in [2.05, 4.69) is 17.1 Å². The van der Waals surface area contributed by atoms with Crippen LogP contribution in [0.5, 0.6) is 17.2 Å². The molecule has 0 saturated carbocycles. The SMILES string of the molecule is COc1ccc(OC)c(N=Cc2cc(Cc3ccccc3)ccc2O)c1. The molecule has 0 spiro atoms. The first-order chi connectivity index (χ1) is 12.7. The fourth-order valence-corrected chi connectivity index (χ4v) is 2.69. The highest BCUT2D eigenvalue weighted by Crippen LogP contribution is 2.31. The van der Waals surface area contributed by atoms with Crippen molar-refractivity contribution in [1.29, 1.82) is 0 Å². The Kier molecular flexibility index (Phi) is 5.54. The third-order valence-electron chi connectivity index (χ3n) is 4.07. The van der Waals surface area contributed by atoms with Gasteiger partial charge >= 0.3 is 0 Å². The minimum absolute atomic E-state index is 0.187. The molecule has 0 aromatic heterocycles. The molecule has 0 atom stereocenters. The predicted molar refractivity (Wildman–Crippen MR) is 104 cm³/mol. The molecular weight excluding hydrogens is 326 g/mol. The fraction of sp³-hybridized carbons (Fsp3) is 0.136. The summed E-state index contributed by atoms with van der Waals surface area (Å²) in [6, 6.07) is 21.2. The summed E-state index contributed by atoms with van der Waals surface area (Å²) in [6.45, 7) is 0. The molecule has 0 aliphatic rings. The molecule has 0 bridgehead atoms. The van der Waals surface area contributed by atoms with Gasteiger partial charge in [0, 0.05) is 17.8 Å². The van der Waals surface area contributed by atoms with E-state index in [1.165, 1.54) is 5.56 Å². The molecule has 26 heavy (non-hydrogen) atoms. The van der Waals surface area contributed by atoms with Crippen molar-refractivity contribution in [2.24, 2.45) is 4.99 Å². The van der Waals surface area contributed by atoms with Gasteiger partial charge in [-0.25, -0.2) is 0 Å². The molecule has 0 amide bonds. The minimum atomic E-state index is 0.187. The van der Waals surface area contributed by atoms with Crippen LogP contribution >= 0.6 is 0 Å². The number of benzene rings is 3. The molecule has 3 aromatic rings. The van der Waals surface area contributed by atoms with Crippen molar-refractivity contribution in [3.05, 3.63) is 83.4 Å². The predicted octanol–water partition coefficient (Wildman–Crippen LogP) is 4.75. The Morgan fingerprint density at radius 1 is 0.885 bits per heavy atom. The van der Waals surface area contributed by atoms with Crippen molar-refractivity contribution in [3.63, 3.8) is 0 Å². The topological polar surface area (TPSA) is 51.0 Å². The van der Waals surface area contributed by atoms with Gasteiger partial charge < -0.3 is 14.6 Å². The summed E-state index contributed by atoms with van der Waals surface area (Å²) in [5, 5.41) is 10.2. The van der Waals surface area contributed by atoms with Gasteiger partial charge in [0.1, 0.15) is 22.9 Å². The van der Waals surface area contributed by atoms with Crippen molar-refractivity contribution < 1.29 is 14.6 Å². The average molecular weight is 347 g/mol. The smallest absolute Gasteiger partial charge is 0.144 e. The lowest BCUT2D eigenvalue weighted by atomic mass is 10.0. The van der Waals surface area contributed by atoms with E-state index in [-0.39, 0.29) is 5.75 Å². The molecule has 0 unspecified atom stereocenters. The zero-order valence-corrected chi connectivity index (χ0v) is 14.8. The molecule has 0 aliphatic heterocycles. The third-order valence-corrected chi connectivity index (χ3v) is 4.07. The van der Waals surface area contributed by atoms with Gasteiger partial charge in [-0.15, -0.1) is 0 Å². The second kappa shape index (κ2) is 8.21. The van der Waals surface area contributed by atoms with Crippen molar-refractivity contribution in [1.82, 2.24) is 0 Å². The minimum Gasteiger partial charge on any atom is -0.507 e. The van der Waals surface area contributed by atoms with Crippen LogP contribution < -0.4 is 9.47 Å². The largest absolute Gasteiger partial charge is 0.507 e. The van der Waals surface area contributed by atoms with Crippen LogP contribution in [0.3, 0.4) is 0 Å². The quantitative estimate of drug-likeness (QED) is 0.655. The molecule has 3 aromatic carbocycles. The van der Waals surface area contributed by atoms with Crippen LogP contribution in [0.2, 0.25) is 0 Å². The summed E-state index contributed by atoms with van der Waals surface area (Å²) in [7, 11) is 3.20. The van der Waals surface area contributed by atoms with Crippen LogP contribution in [0.25, 0.3) is 0 Å². The number of aromatic hydroxyl groups is 1. The summed E-state index contributed by atoms with van der Waals surface area (Å²) in [5.74, 6) is 1.52. The Hall–Kier alpha value is -3.27. The van der Waals surface area contributed by atoms with Crippen molar-refractivity contribution in [3.8, 4) is 17.2 Å². The number of phenolic OH excluding ortho intramolecular Hbond substituents is 1. The van der Waals surface area contributed by atoms with Crippen LogP contribution in [-0.2, 0) is 6.42 Å². The summed E-state index contributed by atoms with van der Waals surface area (Å²) < 4.78 is 10.6. The highest BCUT2D eigenvalue weighted by atomic mass is 16.5. The molecule has 0 heterocycles. The highest BCUT2D eigenvalue weighted by Gasteiger charge is 2.05. The van der Waals surface area contributed by atoms with Gasteiger partial charge in [-0.3, -0.25) is 4.99 Å². The molecule has 1 N–H and O–H groups in total. The van der Waals surface area contributed by atoms with Crippen LogP contribution in [0, 0.1) is 0 Å². The van der Waals surface area contributed by atoms with Gasteiger partial charge in [0.2, 0.25) is 0 Å². The van der Waals surface area contributed by atoms with E-state index in [0.717, 1.165) is 12.0 Å². The van der Waals surface area contributed by atoms with Gasteiger partial charge in [0.15, 0.2) is 0 Å². The maximum Gasteiger partial charge on any atom is 0.144 e. The number of aliphatic imine (C=N–C) groups is 1. The second-order valence-electron chi connectivity index (χ2n) is 5.85. The van der Waals surface area contributed by atoms with E-state index in [1.807, 2.05) is 36.4 Å². The summed E-state index contributed by atoms with van der Waals surface area (Å²) in [4.78, 5) is 4.47. The van der Waals surface area contributed by atoms with Crippen molar-refractivity contribution >= 4 is 11.9 Å². The van der Waals surface area contributed by atoms with E-state index in [1.54, 1.807) is 38.6 Å². The van der Waals surface area contributed by atoms with Crippen molar-refractivity contribution in [2.45, 2.75) is 6.42 Å². The molecule has 0 aliphatic carbocycles. The van der Waals surface area contributed by atoms with Gasteiger partial charge in [-0.05, 0) is 41.8 Å². The van der Waals surface area contributed by atoms with E-state index in [4.69, 9.17) is 9.47 Å². The Morgan fingerprint density at radius 2 is 1.69 bits per heavy atom. The van der Waals surface area contributed by atoms with Gasteiger partial charge in [-0.2, -0.15) is 0 Å². The zero-order chi connectivity index (χ0) is 18.4. The number of nitrogens with zero attached hydrogens (tertiary/aromatic N) is 1. The lowest BCUT2D eigenvalue weighted by Gasteiger charge is -2.07. The van der Waals surface area contributed by atoms with Crippen LogP contribution in [0.4, 0.5) is 5.69 Å². The summed E-state index contributed by atoms with van der Waals surface area (Å²) in [6.07, 6.45) is 2.44. The monoisotopic (exact) mass is 347 g/mol. The van der Waals surface area contributed by atoms with Gasteiger partial charge in [0.25, 0.3) is 0 Å². The van der Waals surface area contributed by atoms with Crippen LogP contribution in [0.1, 0.15) is 16.7 Å². The van der Waals surface area contributed by atoms with E-state index >= 15 is 0 Å². The molecule has 3 rings (SSSR count). The van der Waals surface area contributed by atoms with E-state index in [9.17, 15) is 5.11 Å². The number of methoxy groups -OCH3 is 2. The first-order valence-electron chi connectivity index (χ1n) is 8.31. The normalized spacial score (nSPS) is 10.8. The second-order valence-corrected chi connectivity index (χ2v) is 5.85. The Bertz CT molecular complexity index is 905. The molecule has 0 saturated heterocycles. The Labute approximate surface area is 153 Å². The molecular formula is C22H21NO3. The first-order valence-corrected chi connectivity index (χ1v) is 8.31. The van der Waals surface area contributed by atoms with Gasteiger partial charge in [0.05, 0.1) is 14.2 Å². The Morgan fingerprint density at radius 3 is 2.42 bits per heavy atom. The summed E-state index contributed by atoms with van der Waals surface area (Å²) >= 11 is 0. The maximum absolute atomic E-state index is 10.2. The van der Waals surface area contributed by atoms with E-state index < -0.39 is 0 Å². The fourth-order valence-electron chi connectivity index (χ4n) is 2.69. The molecule has 4 nitrogen and oxygen atoms in total. The molecule has 4 heteroatoms. The average Bonchev–Trinajstić information content (AvgIpc) is 2.69. The van der Waals surface area contributed by atoms with E-state index in [0.29, 0.717) is 22.7 Å². The lowest BCUT2D eigenvalue weighted by molar-refractivity contribution is 0.404. The number of hydrogen-bond donors (Lipinski definition) is 1. The number of rotatable bonds is 6. The van der Waals surface area contributed by atoms with Crippen molar-refractivity contribution in [2.75, 3.05) is 14.2 Å². The standard InChI is InChI=1S/C22H21NO3/c1-25-19-9-11-22(26-2)20(14-19)23-15-18-13-17(8-10-21(18)24)12-16-6-4-3-5-7-16/h3-11,13-15,24H,12H2,1-2H3. The highest BCUT2D eigenvalue weighted by molar-refractivity contribution is 5.86. The van der Waals surface area contributed by atoms with Gasteiger partial charge in [-0.1, -0.05) is 36.4 Å². The lowest BCUT2D eigenvalue weighted by Crippen LogP contribution is -1.91. The third kappa shape index (κ3) is 4.22. The Balaban J connectivity index is 1.87. The molecule has 132 valence electrons. The zero-order valence-electron chi connectivity index (χ0n) is 14.8. The summed E-state index contributed by atoms with van der Waals surface area (Å²) in [5.41, 5.74) is 3.62. The number of hydrogen-bond acceptors (Lipinski definition) is 4. The molecule has 0 radical (unpaired) electrons. The maximum atomic E-state index is 10.2.